The summed E-state index contributed by atoms with van der Waals surface area (Å²) < 4.78 is 29.2. The molecular weight excluding hydrogens is 738 g/mol. The van der Waals surface area contributed by atoms with Crippen LogP contribution in [0.5, 0.6) is 5.75 Å². The summed E-state index contributed by atoms with van der Waals surface area (Å²) in [6, 6.07) is 2.63. The third-order valence-corrected chi connectivity index (χ3v) is 12.7. The van der Waals surface area contributed by atoms with E-state index in [4.69, 9.17) is 35.3 Å². The molecule has 1 aromatic carbocycles. The fraction of sp³-hybridized carbons (Fsp3) is 0.641. The van der Waals surface area contributed by atoms with E-state index in [-0.39, 0.29) is 34.9 Å². The van der Waals surface area contributed by atoms with Crippen LogP contribution in [0.3, 0.4) is 0 Å². The molecule has 0 aliphatic carbocycles. The molecule has 54 heavy (non-hydrogen) atoms. The molecule has 3 heterocycles. The van der Waals surface area contributed by atoms with Crippen LogP contribution in [-0.4, -0.2) is 115 Å². The number of hydrogen-bond donors (Lipinski definition) is 2. The van der Waals surface area contributed by atoms with Crippen LogP contribution in [0.1, 0.15) is 72.8 Å². The van der Waals surface area contributed by atoms with E-state index < -0.39 is 65.7 Å². The van der Waals surface area contributed by atoms with Gasteiger partial charge in [-0.25, -0.2) is 9.59 Å². The van der Waals surface area contributed by atoms with E-state index in [9.17, 15) is 24.3 Å². The normalized spacial score (nSPS) is 31.2. The fourth-order valence-electron chi connectivity index (χ4n) is 6.90. The van der Waals surface area contributed by atoms with Gasteiger partial charge >= 0.3 is 12.1 Å². The minimum Gasteiger partial charge on any atom is -0.495 e. The molecule has 1 aromatic rings. The number of hydrogen-bond acceptors (Lipinski definition) is 11. The highest BCUT2D eigenvalue weighted by Gasteiger charge is 2.64. The SMILES string of the molecule is COc1cc2cc(c1Cl)N(C)C(=O)C[C@H](OC(=O)[C@H](C)N(C)C(=O)CCC(C)(C)SC)[C@]1(C)O[C@H]1[C@H](C)[C@@H]1C[C@@](O)(NC(=O)O1)[C@H](OC)/C=C\C=C(\C)C2. The molecule has 0 aromatic heterocycles. The van der Waals surface area contributed by atoms with E-state index in [1.54, 1.807) is 70.9 Å². The second kappa shape index (κ2) is 17.2. The molecule has 3 aliphatic rings. The topological polar surface area (TPSA) is 156 Å². The van der Waals surface area contributed by atoms with Gasteiger partial charge in [0, 0.05) is 44.7 Å². The van der Waals surface area contributed by atoms with Gasteiger partial charge in [-0.3, -0.25) is 14.9 Å². The van der Waals surface area contributed by atoms with Gasteiger partial charge in [0.15, 0.2) is 5.72 Å². The van der Waals surface area contributed by atoms with Gasteiger partial charge in [-0.1, -0.05) is 56.2 Å². The molecule has 4 rings (SSSR count). The van der Waals surface area contributed by atoms with E-state index in [0.29, 0.717) is 24.3 Å². The molecule has 0 radical (unpaired) electrons. The number of amides is 3. The van der Waals surface area contributed by atoms with Gasteiger partial charge in [-0.2, -0.15) is 11.8 Å². The van der Waals surface area contributed by atoms with Gasteiger partial charge in [0.1, 0.15) is 40.7 Å². The maximum Gasteiger partial charge on any atom is 0.409 e. The predicted octanol–water partition coefficient (Wildman–Crippen LogP) is 5.44. The van der Waals surface area contributed by atoms with Gasteiger partial charge in [-0.05, 0) is 57.6 Å². The van der Waals surface area contributed by atoms with Crippen molar-refractivity contribution in [2.75, 3.05) is 39.5 Å². The number of likely N-dealkylation sites (N-methyl/N-ethyl adjacent to an activating group) is 1. The maximum atomic E-state index is 14.2. The molecular formula is C39H56ClN3O10S. The van der Waals surface area contributed by atoms with Crippen LogP contribution in [0, 0.1) is 5.92 Å². The number of esters is 1. The standard InChI is InChI=1S/C39H56ClN3O10S/c1-22-13-12-14-29(50-10)39(48)21-28(51-36(47)41-39)23(2)34-38(6,53-34)30(52-35(46)24(3)42(7)31(44)15-16-37(4,5)54-11)20-32(45)43(8)26-18-25(17-22)19-27(49-9)33(26)40/h12-14,18-19,23-24,28-30,34,48H,15-17,20-21H2,1-11H3,(H,41,47)/b14-12-,22-13-/t23-,24+,28+,29-,30+,34+,38+,39+/m1/s1. The van der Waals surface area contributed by atoms with E-state index in [0.717, 1.165) is 11.1 Å². The molecule has 2 N–H and O–H groups in total. The van der Waals surface area contributed by atoms with E-state index in [1.165, 1.54) is 24.0 Å². The number of rotatable bonds is 9. The monoisotopic (exact) mass is 793 g/mol. The Morgan fingerprint density at radius 2 is 1.94 bits per heavy atom. The highest BCUT2D eigenvalue weighted by atomic mass is 35.5. The highest BCUT2D eigenvalue weighted by molar-refractivity contribution is 7.99. The Bertz CT molecular complexity index is 1650. The summed E-state index contributed by atoms with van der Waals surface area (Å²) in [5, 5.41) is 14.5. The van der Waals surface area contributed by atoms with E-state index >= 15 is 0 Å². The first-order valence-corrected chi connectivity index (χ1v) is 19.7. The van der Waals surface area contributed by atoms with Crippen molar-refractivity contribution in [3.63, 3.8) is 0 Å². The van der Waals surface area contributed by atoms with E-state index in [2.05, 4.69) is 19.2 Å². The van der Waals surface area contributed by atoms with E-state index in [1.807, 2.05) is 19.3 Å². The number of epoxide rings is 1. The molecule has 15 heteroatoms. The average Bonchev–Trinajstić information content (AvgIpc) is 3.82. The van der Waals surface area contributed by atoms with Crippen LogP contribution < -0.4 is 15.0 Å². The number of ether oxygens (including phenoxy) is 5. The number of nitrogens with one attached hydrogen (secondary N) is 1. The third kappa shape index (κ3) is 9.73. The number of carbonyl (C=O) groups excluding carboxylic acids is 4. The Balaban J connectivity index is 1.73. The fourth-order valence-corrected chi connectivity index (χ4v) is 7.52. The average molecular weight is 794 g/mol. The molecule has 13 nitrogen and oxygen atoms in total. The summed E-state index contributed by atoms with van der Waals surface area (Å²) in [6.07, 6.45) is 3.84. The van der Waals surface area contributed by atoms with Gasteiger partial charge in [0.05, 0.1) is 25.3 Å². The number of nitrogens with zero attached hydrogens (tertiary/aromatic N) is 2. The molecule has 0 spiro atoms. The summed E-state index contributed by atoms with van der Waals surface area (Å²) in [6.45, 7) is 11.2. The van der Waals surface area contributed by atoms with Crippen LogP contribution in [0.4, 0.5) is 10.5 Å². The largest absolute Gasteiger partial charge is 0.495 e. The van der Waals surface area contributed by atoms with Crippen molar-refractivity contribution in [3.8, 4) is 5.75 Å². The molecule has 8 atom stereocenters. The number of fused-ring (bicyclic) bond motifs is 5. The Hall–Kier alpha value is -3.30. The lowest BCUT2D eigenvalue weighted by Crippen LogP contribution is -2.63. The van der Waals surface area contributed by atoms with Gasteiger partial charge in [-0.15, -0.1) is 0 Å². The Morgan fingerprint density at radius 1 is 1.26 bits per heavy atom. The second-order valence-corrected chi connectivity index (χ2v) is 17.3. The number of methoxy groups -OCH3 is 2. The third-order valence-electron chi connectivity index (χ3n) is 11.0. The number of aliphatic hydroxyl groups is 1. The number of allylic oxidation sites excluding steroid dienone is 3. The first-order valence-electron chi connectivity index (χ1n) is 18.1. The molecule has 2 saturated heterocycles. The van der Waals surface area contributed by atoms with Gasteiger partial charge in [0.25, 0.3) is 0 Å². The first kappa shape index (κ1) is 43.4. The number of benzene rings is 1. The van der Waals surface area contributed by atoms with Gasteiger partial charge in [0.2, 0.25) is 11.8 Å². The van der Waals surface area contributed by atoms with Crippen molar-refractivity contribution in [3.05, 3.63) is 46.5 Å². The van der Waals surface area contributed by atoms with Crippen molar-refractivity contribution < 1.29 is 48.0 Å². The summed E-state index contributed by atoms with van der Waals surface area (Å²) in [5.41, 5.74) is -0.894. The molecule has 3 aliphatic heterocycles. The second-order valence-electron chi connectivity index (χ2n) is 15.4. The van der Waals surface area contributed by atoms with Crippen molar-refractivity contribution in [2.45, 2.75) is 120 Å². The molecule has 4 bridgehead atoms. The zero-order valence-corrected chi connectivity index (χ0v) is 34.8. The maximum absolute atomic E-state index is 14.2. The smallest absolute Gasteiger partial charge is 0.409 e. The van der Waals surface area contributed by atoms with Crippen molar-refractivity contribution >= 4 is 52.9 Å². The summed E-state index contributed by atoms with van der Waals surface area (Å²) >= 11 is 8.43. The van der Waals surface area contributed by atoms with Crippen LogP contribution in [0.2, 0.25) is 5.02 Å². The summed E-state index contributed by atoms with van der Waals surface area (Å²) in [5.74, 6) is -1.50. The lowest BCUT2D eigenvalue weighted by molar-refractivity contribution is -0.162. The minimum absolute atomic E-state index is 0.0467. The Morgan fingerprint density at radius 3 is 2.57 bits per heavy atom. The molecule has 0 unspecified atom stereocenters. The number of anilines is 1. The first-order chi connectivity index (χ1) is 25.2. The van der Waals surface area contributed by atoms with Gasteiger partial charge < -0.3 is 38.6 Å². The zero-order chi connectivity index (χ0) is 40.3. The van der Waals surface area contributed by atoms with Crippen molar-refractivity contribution in [2.24, 2.45) is 5.92 Å². The van der Waals surface area contributed by atoms with Crippen molar-refractivity contribution in [1.82, 2.24) is 10.2 Å². The molecule has 3 amide bonds. The molecule has 0 saturated carbocycles. The zero-order valence-electron chi connectivity index (χ0n) is 33.2. The number of thioether (sulfide) groups is 1. The Kier molecular flexibility index (Phi) is 13.9. The highest BCUT2D eigenvalue weighted by Crippen LogP contribution is 2.49. The lowest BCUT2D eigenvalue weighted by atomic mass is 9.83. The minimum atomic E-state index is -1.82. The summed E-state index contributed by atoms with van der Waals surface area (Å²) in [7, 11) is 6.07. The van der Waals surface area contributed by atoms with Crippen LogP contribution in [0.25, 0.3) is 0 Å². The van der Waals surface area contributed by atoms with Crippen molar-refractivity contribution in [1.29, 1.82) is 0 Å². The predicted molar refractivity (Wildman–Crippen MR) is 208 cm³/mol. The quantitative estimate of drug-likeness (QED) is 0.243. The number of alkyl carbamates (subject to hydrolysis) is 1. The summed E-state index contributed by atoms with van der Waals surface area (Å²) in [4.78, 5) is 56.8. The van der Waals surface area contributed by atoms with Crippen LogP contribution in [-0.2, 0) is 39.8 Å². The molecule has 300 valence electrons. The number of halogens is 1. The number of carbonyl (C=O) groups is 4. The lowest BCUT2D eigenvalue weighted by Gasteiger charge is -2.42. The van der Waals surface area contributed by atoms with Crippen LogP contribution >= 0.6 is 23.4 Å². The molecule has 2 fully saturated rings. The Labute approximate surface area is 328 Å². The van der Waals surface area contributed by atoms with Crippen LogP contribution in [0.15, 0.2) is 35.9 Å².